The van der Waals surface area contributed by atoms with Crippen LogP contribution in [0.3, 0.4) is 0 Å². The summed E-state index contributed by atoms with van der Waals surface area (Å²) in [5.74, 6) is 1.34. The number of methoxy groups -OCH3 is 3. The molecular weight excluding hydrogens is 973 g/mol. The van der Waals surface area contributed by atoms with Gasteiger partial charge in [-0.2, -0.15) is 15.0 Å². The number of unbranched alkanes of at least 4 members (excludes halogenated alkanes) is 36. The number of anilines is 3. The number of aromatic nitrogens is 3. The van der Waals surface area contributed by atoms with Crippen LogP contribution in [0.5, 0.6) is 0 Å². The topological polar surface area (TPSA) is 104 Å². The van der Waals surface area contributed by atoms with Gasteiger partial charge in [-0.1, -0.05) is 231 Å². The van der Waals surface area contributed by atoms with E-state index in [9.17, 15) is 0 Å². The molecule has 12 nitrogen and oxygen atoms in total. The Labute approximate surface area is 482 Å². The lowest BCUT2D eigenvalue weighted by molar-refractivity contribution is 0.0971. The summed E-state index contributed by atoms with van der Waals surface area (Å²) in [5.41, 5.74) is 0. The molecule has 0 amide bonds. The van der Waals surface area contributed by atoms with E-state index >= 15 is 0 Å². The largest absolute Gasteiger partial charge is 0.364 e. The Morgan fingerprint density at radius 3 is 0.654 bits per heavy atom. The van der Waals surface area contributed by atoms with Gasteiger partial charge in [0.05, 0.1) is 0 Å². The maximum absolute atomic E-state index is 6.26. The molecule has 78 heavy (non-hydrogen) atoms. The number of hydrogen-bond acceptors (Lipinski definition) is 12. The zero-order chi connectivity index (χ0) is 56.1. The fourth-order valence-electron chi connectivity index (χ4n) is 9.57. The molecule has 1 rings (SSSR count). The van der Waals surface area contributed by atoms with Crippen LogP contribution in [0.25, 0.3) is 0 Å². The van der Waals surface area contributed by atoms with E-state index in [-0.39, 0.29) is 40.4 Å². The first-order valence-electron chi connectivity index (χ1n) is 32.8. The Morgan fingerprint density at radius 2 is 0.449 bits per heavy atom. The fraction of sp³-hybridized carbons (Fsp3) is 0.864. The molecular formula is C66H126N6O6. The Balaban J connectivity index is 2.75. The lowest BCUT2D eigenvalue weighted by Crippen LogP contribution is -2.36. The van der Waals surface area contributed by atoms with E-state index in [4.69, 9.17) is 43.4 Å². The van der Waals surface area contributed by atoms with Gasteiger partial charge in [0.2, 0.25) is 17.8 Å². The lowest BCUT2D eigenvalue weighted by atomic mass is 10.1. The van der Waals surface area contributed by atoms with Gasteiger partial charge in [0.25, 0.3) is 0 Å². The number of rotatable bonds is 63. The van der Waals surface area contributed by atoms with Crippen LogP contribution in [0.15, 0.2) is 36.5 Å². The van der Waals surface area contributed by atoms with Crippen LogP contribution in [0.4, 0.5) is 17.8 Å². The van der Waals surface area contributed by atoms with Gasteiger partial charge >= 0.3 is 0 Å². The Hall–Kier alpha value is -2.61. The molecule has 0 unspecified atom stereocenters. The van der Waals surface area contributed by atoms with Gasteiger partial charge in [0, 0.05) is 41.2 Å². The third-order valence-electron chi connectivity index (χ3n) is 14.4. The molecule has 0 fully saturated rings. The van der Waals surface area contributed by atoms with Crippen molar-refractivity contribution < 1.29 is 28.4 Å². The second-order valence-corrected chi connectivity index (χ2v) is 22.0. The van der Waals surface area contributed by atoms with Gasteiger partial charge in [0.15, 0.2) is 0 Å². The number of hydrogen-bond donors (Lipinski definition) is 0. The maximum atomic E-state index is 6.26. The van der Waals surface area contributed by atoms with Gasteiger partial charge in [-0.05, 0) is 96.3 Å². The summed E-state index contributed by atoms with van der Waals surface area (Å²) in [6, 6.07) is 0. The van der Waals surface area contributed by atoms with Gasteiger partial charge < -0.3 is 28.4 Å². The van der Waals surface area contributed by atoms with E-state index in [0.29, 0.717) is 37.7 Å². The molecule has 0 saturated heterocycles. The third-order valence-corrected chi connectivity index (χ3v) is 14.4. The summed E-state index contributed by atoms with van der Waals surface area (Å²) < 4.78 is 35.9. The van der Waals surface area contributed by atoms with Crippen LogP contribution >= 0.6 is 0 Å². The molecule has 0 atom stereocenters. The highest BCUT2D eigenvalue weighted by molar-refractivity contribution is 5.45. The number of ether oxygens (including phenoxy) is 6. The van der Waals surface area contributed by atoms with Crippen molar-refractivity contribution in [2.45, 2.75) is 290 Å². The van der Waals surface area contributed by atoms with Crippen molar-refractivity contribution >= 4 is 17.8 Å². The van der Waals surface area contributed by atoms with Crippen molar-refractivity contribution in [3.05, 3.63) is 36.5 Å². The Kier molecular flexibility index (Phi) is 56.9. The maximum Gasteiger partial charge on any atom is 0.235 e. The average Bonchev–Trinajstić information content (AvgIpc) is 3.45. The first-order valence-corrected chi connectivity index (χ1v) is 32.8. The van der Waals surface area contributed by atoms with E-state index < -0.39 is 0 Å². The van der Waals surface area contributed by atoms with Crippen molar-refractivity contribution in [1.82, 2.24) is 15.0 Å². The monoisotopic (exact) mass is 1100 g/mol. The van der Waals surface area contributed by atoms with Crippen molar-refractivity contribution in [3.63, 3.8) is 0 Å². The molecule has 1 aromatic rings. The minimum atomic E-state index is 0.254. The van der Waals surface area contributed by atoms with E-state index in [1.807, 2.05) is 14.7 Å². The van der Waals surface area contributed by atoms with Gasteiger partial charge in [0.1, 0.15) is 40.4 Å². The molecule has 0 aliphatic heterocycles. The standard InChI is InChI=1S/C66H126N6O6/c1-7-10-13-16-19-22-25-28-31-34-37-40-43-46-49-52-55-76-61-70(58-73-4)64-67-65(71(59-74-5)62-77-56-53-50-47-44-41-38-35-32-29-26-23-20-17-14-11-8-2)69-66(68-64)72(60-75-6)63-78-57-54-51-48-45-42-39-36-33-30-27-24-21-18-15-12-9-3/h28-33H,7-27,34-63H2,1-6H3. The first kappa shape index (κ1) is 73.4. The van der Waals surface area contributed by atoms with Crippen LogP contribution in [0.1, 0.15) is 290 Å². The van der Waals surface area contributed by atoms with E-state index in [0.717, 1.165) is 38.5 Å². The fourth-order valence-corrected chi connectivity index (χ4v) is 9.57. The van der Waals surface area contributed by atoms with Crippen LogP contribution in [0, 0.1) is 0 Å². The minimum absolute atomic E-state index is 0.254. The summed E-state index contributed by atoms with van der Waals surface area (Å²) in [7, 11) is 5.05. The van der Waals surface area contributed by atoms with Crippen LogP contribution in [-0.4, -0.2) is 96.5 Å². The zero-order valence-electron chi connectivity index (χ0n) is 52.2. The molecule has 0 aliphatic carbocycles. The molecule has 456 valence electrons. The van der Waals surface area contributed by atoms with Crippen molar-refractivity contribution in [1.29, 1.82) is 0 Å². The molecule has 0 aliphatic rings. The van der Waals surface area contributed by atoms with E-state index in [2.05, 4.69) is 57.2 Å². The predicted molar refractivity (Wildman–Crippen MR) is 334 cm³/mol. The smallest absolute Gasteiger partial charge is 0.235 e. The number of allylic oxidation sites excluding steroid dienone is 6. The normalized spacial score (nSPS) is 11.9. The van der Waals surface area contributed by atoms with Crippen molar-refractivity contribution in [2.24, 2.45) is 0 Å². The zero-order valence-corrected chi connectivity index (χ0v) is 52.2. The Bertz CT molecular complexity index is 1270. The summed E-state index contributed by atoms with van der Waals surface area (Å²) in [4.78, 5) is 20.7. The first-order chi connectivity index (χ1) is 38.6. The summed E-state index contributed by atoms with van der Waals surface area (Å²) in [6.45, 7) is 10.5. The predicted octanol–water partition coefficient (Wildman–Crippen LogP) is 19.1. The second-order valence-electron chi connectivity index (χ2n) is 22.0. The molecule has 0 spiro atoms. The van der Waals surface area contributed by atoms with Gasteiger partial charge in [-0.3, -0.25) is 14.7 Å². The molecule has 0 bridgehead atoms. The quantitative estimate of drug-likeness (QED) is 0.0352. The molecule has 0 saturated carbocycles. The number of nitrogens with zero attached hydrogens (tertiary/aromatic N) is 6. The van der Waals surface area contributed by atoms with Crippen molar-refractivity contribution in [3.8, 4) is 0 Å². The molecule has 12 heteroatoms. The van der Waals surface area contributed by atoms with E-state index in [1.54, 1.807) is 21.3 Å². The highest BCUT2D eigenvalue weighted by Crippen LogP contribution is 2.21. The van der Waals surface area contributed by atoms with Crippen LogP contribution in [0.2, 0.25) is 0 Å². The van der Waals surface area contributed by atoms with Crippen LogP contribution in [-0.2, 0) is 28.4 Å². The molecule has 1 heterocycles. The van der Waals surface area contributed by atoms with Crippen molar-refractivity contribution in [2.75, 3.05) is 96.2 Å². The highest BCUT2D eigenvalue weighted by atomic mass is 16.5. The van der Waals surface area contributed by atoms with Crippen LogP contribution < -0.4 is 14.7 Å². The molecule has 1 aromatic heterocycles. The van der Waals surface area contributed by atoms with Gasteiger partial charge in [-0.25, -0.2) is 0 Å². The summed E-state index contributed by atoms with van der Waals surface area (Å²) in [5, 5.41) is 0. The molecule has 0 aromatic carbocycles. The van der Waals surface area contributed by atoms with Gasteiger partial charge in [-0.15, -0.1) is 0 Å². The second kappa shape index (κ2) is 60.5. The van der Waals surface area contributed by atoms with E-state index in [1.165, 1.54) is 231 Å². The average molecular weight is 1100 g/mol. The molecule has 0 N–H and O–H groups in total. The summed E-state index contributed by atoms with van der Waals surface area (Å²) >= 11 is 0. The Morgan fingerprint density at radius 1 is 0.256 bits per heavy atom. The lowest BCUT2D eigenvalue weighted by Gasteiger charge is -2.28. The SMILES string of the molecule is CCCCCCCCC=CCCCCCCCCOCN(COC)c1nc(N(COC)COCCCCCCCCC=CCCCCCCCC)nc(N(COC)COCCCCCCCCC=CCCCCCCCC)n1. The molecule has 0 radical (unpaired) electrons. The summed E-state index contributed by atoms with van der Waals surface area (Å²) in [6.07, 6.45) is 68.1. The highest BCUT2D eigenvalue weighted by Gasteiger charge is 2.21. The third kappa shape index (κ3) is 47.1. The minimum Gasteiger partial charge on any atom is -0.364 e.